The highest BCUT2D eigenvalue weighted by Crippen LogP contribution is 2.65. The van der Waals surface area contributed by atoms with E-state index in [0.29, 0.717) is 0 Å². The minimum Gasteiger partial charge on any atom is -0.318 e. The Labute approximate surface area is 80.5 Å². The average Bonchev–Trinajstić information content (AvgIpc) is 2.58. The van der Waals surface area contributed by atoms with Gasteiger partial charge in [-0.05, 0) is 50.0 Å². The Morgan fingerprint density at radius 3 is 2.38 bits per heavy atom. The lowest BCUT2D eigenvalue weighted by Crippen LogP contribution is -2.29. The van der Waals surface area contributed by atoms with Gasteiger partial charge in [0.25, 0.3) is 0 Å². The van der Waals surface area contributed by atoms with Gasteiger partial charge >= 0.3 is 0 Å². The third-order valence-corrected chi connectivity index (χ3v) is 4.49. The summed E-state index contributed by atoms with van der Waals surface area (Å²) in [6.07, 6.45) is 4.64. The molecule has 3 rings (SSSR count). The van der Waals surface area contributed by atoms with Crippen LogP contribution in [-0.4, -0.2) is 26.2 Å². The summed E-state index contributed by atoms with van der Waals surface area (Å²) in [7, 11) is 2.03. The lowest BCUT2D eigenvalue weighted by atomic mass is 10.0. The standard InChI is InChI=1S/C11H20N2/c1-12-4-5-13-11-9-7-2-3-8(6-7)10(9)11/h7-13H,2-6H2,1H3. The fourth-order valence-electron chi connectivity index (χ4n) is 3.96. The highest BCUT2D eigenvalue weighted by molar-refractivity contribution is 5.16. The normalized spacial score (nSPS) is 51.0. The number of hydrogen-bond donors (Lipinski definition) is 2. The van der Waals surface area contributed by atoms with Crippen molar-refractivity contribution >= 4 is 0 Å². The molecule has 0 aromatic rings. The molecule has 3 fully saturated rings. The topological polar surface area (TPSA) is 24.1 Å². The van der Waals surface area contributed by atoms with Crippen molar-refractivity contribution in [2.24, 2.45) is 23.7 Å². The molecular formula is C11H20N2. The van der Waals surface area contributed by atoms with E-state index in [4.69, 9.17) is 0 Å². The molecule has 4 unspecified atom stereocenters. The van der Waals surface area contributed by atoms with Crippen LogP contribution < -0.4 is 10.6 Å². The second kappa shape index (κ2) is 2.96. The van der Waals surface area contributed by atoms with Gasteiger partial charge in [0.15, 0.2) is 0 Å². The molecule has 3 saturated carbocycles. The molecule has 0 aromatic heterocycles. The quantitative estimate of drug-likeness (QED) is 0.626. The van der Waals surface area contributed by atoms with Gasteiger partial charge in [-0.3, -0.25) is 0 Å². The van der Waals surface area contributed by atoms with Crippen molar-refractivity contribution in [3.63, 3.8) is 0 Å². The summed E-state index contributed by atoms with van der Waals surface area (Å²) in [6.45, 7) is 2.28. The number of likely N-dealkylation sites (N-methyl/N-ethyl adjacent to an activating group) is 1. The smallest absolute Gasteiger partial charge is 0.0136 e. The minimum atomic E-state index is 0.916. The summed E-state index contributed by atoms with van der Waals surface area (Å²) < 4.78 is 0. The molecular weight excluding hydrogens is 160 g/mol. The zero-order valence-corrected chi connectivity index (χ0v) is 8.42. The molecule has 0 saturated heterocycles. The molecule has 2 bridgehead atoms. The van der Waals surface area contributed by atoms with Gasteiger partial charge in [0.05, 0.1) is 0 Å². The molecule has 13 heavy (non-hydrogen) atoms. The number of hydrogen-bond acceptors (Lipinski definition) is 2. The summed E-state index contributed by atoms with van der Waals surface area (Å²) in [4.78, 5) is 0. The van der Waals surface area contributed by atoms with E-state index in [0.717, 1.165) is 42.8 Å². The first-order valence-electron chi connectivity index (χ1n) is 5.80. The summed E-state index contributed by atoms with van der Waals surface area (Å²) in [5, 5.41) is 6.89. The largest absolute Gasteiger partial charge is 0.318 e. The van der Waals surface area contributed by atoms with Crippen LogP contribution in [-0.2, 0) is 0 Å². The van der Waals surface area contributed by atoms with Gasteiger partial charge in [-0.15, -0.1) is 0 Å². The fraction of sp³-hybridized carbons (Fsp3) is 1.00. The zero-order valence-electron chi connectivity index (χ0n) is 8.42. The van der Waals surface area contributed by atoms with Crippen LogP contribution in [0.3, 0.4) is 0 Å². The maximum atomic E-state index is 3.70. The SMILES string of the molecule is CNCCNC1C2C3CCC(C3)C12. The predicted molar refractivity (Wildman–Crippen MR) is 53.5 cm³/mol. The summed E-state index contributed by atoms with van der Waals surface area (Å²) in [5.74, 6) is 4.41. The van der Waals surface area contributed by atoms with Gasteiger partial charge in [0, 0.05) is 19.1 Å². The maximum absolute atomic E-state index is 3.70. The lowest BCUT2D eigenvalue weighted by molar-refractivity contribution is 0.456. The second-order valence-corrected chi connectivity index (χ2v) is 5.07. The number of fused-ring (bicyclic) bond motifs is 5. The number of rotatable bonds is 4. The Morgan fingerprint density at radius 2 is 1.77 bits per heavy atom. The summed E-state index contributed by atoms with van der Waals surface area (Å²) in [5.41, 5.74) is 0. The van der Waals surface area contributed by atoms with Crippen LogP contribution in [0.2, 0.25) is 0 Å². The Bertz CT molecular complexity index is 188. The van der Waals surface area contributed by atoms with Gasteiger partial charge in [-0.1, -0.05) is 0 Å². The molecule has 0 aromatic carbocycles. The maximum Gasteiger partial charge on any atom is 0.0136 e. The van der Waals surface area contributed by atoms with E-state index >= 15 is 0 Å². The van der Waals surface area contributed by atoms with E-state index < -0.39 is 0 Å². The zero-order chi connectivity index (χ0) is 8.84. The van der Waals surface area contributed by atoms with Gasteiger partial charge in [0.1, 0.15) is 0 Å². The molecule has 0 heterocycles. The fourth-order valence-corrected chi connectivity index (χ4v) is 3.96. The Morgan fingerprint density at radius 1 is 1.08 bits per heavy atom. The molecule has 3 aliphatic carbocycles. The highest BCUT2D eigenvalue weighted by atomic mass is 15.0. The average molecular weight is 180 g/mol. The van der Waals surface area contributed by atoms with Gasteiger partial charge in [-0.25, -0.2) is 0 Å². The molecule has 4 atom stereocenters. The van der Waals surface area contributed by atoms with Crippen molar-refractivity contribution in [2.75, 3.05) is 20.1 Å². The summed E-state index contributed by atoms with van der Waals surface area (Å²) >= 11 is 0. The molecule has 2 heteroatoms. The van der Waals surface area contributed by atoms with Gasteiger partial charge < -0.3 is 10.6 Å². The van der Waals surface area contributed by atoms with E-state index in [1.165, 1.54) is 12.8 Å². The second-order valence-electron chi connectivity index (χ2n) is 5.07. The van der Waals surface area contributed by atoms with Crippen molar-refractivity contribution in [2.45, 2.75) is 25.3 Å². The van der Waals surface area contributed by atoms with Crippen molar-refractivity contribution in [1.82, 2.24) is 10.6 Å². The van der Waals surface area contributed by atoms with Crippen molar-refractivity contribution in [1.29, 1.82) is 0 Å². The molecule has 0 radical (unpaired) electrons. The van der Waals surface area contributed by atoms with E-state index in [1.54, 1.807) is 6.42 Å². The van der Waals surface area contributed by atoms with Crippen LogP contribution in [0.5, 0.6) is 0 Å². The van der Waals surface area contributed by atoms with Crippen molar-refractivity contribution in [3.05, 3.63) is 0 Å². The Kier molecular flexibility index (Phi) is 1.88. The monoisotopic (exact) mass is 180 g/mol. The van der Waals surface area contributed by atoms with Crippen LogP contribution in [0.4, 0.5) is 0 Å². The molecule has 3 aliphatic rings. The molecule has 0 amide bonds. The van der Waals surface area contributed by atoms with Crippen LogP contribution in [0.1, 0.15) is 19.3 Å². The highest BCUT2D eigenvalue weighted by Gasteiger charge is 2.64. The first-order valence-corrected chi connectivity index (χ1v) is 5.80. The third kappa shape index (κ3) is 1.15. The van der Waals surface area contributed by atoms with Crippen molar-refractivity contribution in [3.8, 4) is 0 Å². The molecule has 2 N–H and O–H groups in total. The minimum absolute atomic E-state index is 0.916. The van der Waals surface area contributed by atoms with Crippen LogP contribution in [0, 0.1) is 23.7 Å². The molecule has 2 nitrogen and oxygen atoms in total. The number of nitrogens with one attached hydrogen (secondary N) is 2. The van der Waals surface area contributed by atoms with Crippen molar-refractivity contribution < 1.29 is 0 Å². The molecule has 74 valence electrons. The lowest BCUT2D eigenvalue weighted by Gasteiger charge is -2.09. The first-order chi connectivity index (χ1) is 6.42. The molecule has 0 spiro atoms. The predicted octanol–water partition coefficient (Wildman–Crippen LogP) is 0.840. The third-order valence-electron chi connectivity index (χ3n) is 4.49. The van der Waals surface area contributed by atoms with Crippen LogP contribution >= 0.6 is 0 Å². The Hall–Kier alpha value is -0.0800. The molecule has 0 aliphatic heterocycles. The van der Waals surface area contributed by atoms with Gasteiger partial charge in [-0.2, -0.15) is 0 Å². The van der Waals surface area contributed by atoms with E-state index in [1.807, 2.05) is 7.05 Å². The van der Waals surface area contributed by atoms with Gasteiger partial charge in [0.2, 0.25) is 0 Å². The van der Waals surface area contributed by atoms with Crippen LogP contribution in [0.25, 0.3) is 0 Å². The first kappa shape index (κ1) is 8.25. The van der Waals surface area contributed by atoms with E-state index in [9.17, 15) is 0 Å². The van der Waals surface area contributed by atoms with E-state index in [2.05, 4.69) is 10.6 Å². The Balaban J connectivity index is 1.50. The van der Waals surface area contributed by atoms with E-state index in [-0.39, 0.29) is 0 Å². The summed E-state index contributed by atoms with van der Waals surface area (Å²) in [6, 6.07) is 0.916. The van der Waals surface area contributed by atoms with Crippen LogP contribution in [0.15, 0.2) is 0 Å².